The highest BCUT2D eigenvalue weighted by Gasteiger charge is 2.27. The van der Waals surface area contributed by atoms with E-state index in [0.717, 1.165) is 13.0 Å². The number of carbonyl (C=O) groups excluding carboxylic acids is 1. The Hall–Kier alpha value is -1.03. The first-order valence-corrected chi connectivity index (χ1v) is 7.15. The van der Waals surface area contributed by atoms with Crippen LogP contribution in [-0.4, -0.2) is 23.1 Å². The smallest absolute Gasteiger partial charge is 0.410 e. The lowest BCUT2D eigenvalue weighted by Gasteiger charge is -2.30. The fourth-order valence-electron chi connectivity index (χ4n) is 2.18. The van der Waals surface area contributed by atoms with Crippen LogP contribution in [0.25, 0.3) is 0 Å². The Kier molecular flexibility index (Phi) is 3.41. The second kappa shape index (κ2) is 4.57. The number of nitrogens with zero attached hydrogens (tertiary/aromatic N) is 1. The zero-order chi connectivity index (χ0) is 13.5. The zero-order valence-electron chi connectivity index (χ0n) is 11.8. The van der Waals surface area contributed by atoms with Gasteiger partial charge in [-0.3, -0.25) is 0 Å². The number of amides is 1. The third kappa shape index (κ3) is 2.69. The van der Waals surface area contributed by atoms with Gasteiger partial charge in [0.2, 0.25) is 0 Å². The molecule has 1 aliphatic rings. The summed E-state index contributed by atoms with van der Waals surface area (Å²) in [6.07, 6.45) is 0.752. The van der Waals surface area contributed by atoms with Gasteiger partial charge in [-0.25, -0.2) is 4.79 Å². The topological polar surface area (TPSA) is 29.5 Å². The predicted molar refractivity (Wildman–Crippen MR) is 74.1 cm³/mol. The summed E-state index contributed by atoms with van der Waals surface area (Å²) in [5, 5.41) is 0. The predicted octanol–water partition coefficient (Wildman–Crippen LogP) is 3.66. The molecule has 4 heteroatoms. The van der Waals surface area contributed by atoms with Gasteiger partial charge in [0.15, 0.2) is 0 Å². The quantitative estimate of drug-likeness (QED) is 0.718. The summed E-state index contributed by atoms with van der Waals surface area (Å²) >= 11 is 1.81. The third-order valence-corrected chi connectivity index (χ3v) is 4.45. The number of aryl methyl sites for hydroxylation is 1. The van der Waals surface area contributed by atoms with Crippen LogP contribution >= 0.6 is 11.3 Å². The van der Waals surface area contributed by atoms with Gasteiger partial charge in [0.1, 0.15) is 5.60 Å². The summed E-state index contributed by atoms with van der Waals surface area (Å²) in [5.74, 6) is 0. The molecule has 0 saturated carbocycles. The molecular weight excluding hydrogens is 246 g/mol. The van der Waals surface area contributed by atoms with E-state index in [1.165, 1.54) is 20.9 Å². The number of hydrogen-bond donors (Lipinski definition) is 0. The largest absolute Gasteiger partial charge is 0.444 e. The molecule has 0 bridgehead atoms. The van der Waals surface area contributed by atoms with E-state index >= 15 is 0 Å². The van der Waals surface area contributed by atoms with Gasteiger partial charge < -0.3 is 9.64 Å². The molecule has 1 aromatic rings. The number of fused-ring (bicyclic) bond motifs is 1. The molecule has 0 unspecified atom stereocenters. The van der Waals surface area contributed by atoms with Gasteiger partial charge in [0.05, 0.1) is 6.54 Å². The van der Waals surface area contributed by atoms with E-state index in [1.807, 2.05) is 25.7 Å². The lowest BCUT2D eigenvalue weighted by Crippen LogP contribution is -2.39. The second-order valence-electron chi connectivity index (χ2n) is 5.84. The minimum atomic E-state index is -0.418. The number of rotatable bonds is 0. The maximum absolute atomic E-state index is 12.0. The van der Waals surface area contributed by atoms with Crippen molar-refractivity contribution in [3.63, 3.8) is 0 Å². The molecule has 3 nitrogen and oxygen atoms in total. The van der Waals surface area contributed by atoms with Crippen LogP contribution in [0.5, 0.6) is 0 Å². The third-order valence-electron chi connectivity index (χ3n) is 3.21. The van der Waals surface area contributed by atoms with Crippen molar-refractivity contribution in [3.8, 4) is 0 Å². The van der Waals surface area contributed by atoms with Crippen LogP contribution in [-0.2, 0) is 17.7 Å². The van der Waals surface area contributed by atoms with Gasteiger partial charge in [-0.05, 0) is 52.2 Å². The van der Waals surface area contributed by atoms with Crippen molar-refractivity contribution >= 4 is 17.4 Å². The first-order valence-electron chi connectivity index (χ1n) is 6.33. The van der Waals surface area contributed by atoms with Crippen molar-refractivity contribution in [1.82, 2.24) is 4.90 Å². The molecule has 0 atom stereocenters. The summed E-state index contributed by atoms with van der Waals surface area (Å²) < 4.78 is 5.42. The van der Waals surface area contributed by atoms with E-state index < -0.39 is 5.60 Å². The molecule has 1 aromatic heterocycles. The van der Waals surface area contributed by atoms with Crippen LogP contribution in [0.2, 0.25) is 0 Å². The standard InChI is InChI=1S/C14H21NO2S/c1-9-10(2)18-12-8-15(7-6-11(9)12)13(16)17-14(3,4)5/h6-8H2,1-5H3. The average Bonchev–Trinajstić information content (AvgIpc) is 2.52. The minimum absolute atomic E-state index is 0.197. The molecule has 18 heavy (non-hydrogen) atoms. The van der Waals surface area contributed by atoms with Crippen LogP contribution in [0.4, 0.5) is 4.79 Å². The fraction of sp³-hybridized carbons (Fsp3) is 0.643. The van der Waals surface area contributed by atoms with Gasteiger partial charge in [-0.1, -0.05) is 0 Å². The average molecular weight is 267 g/mol. The Balaban J connectivity index is 2.10. The van der Waals surface area contributed by atoms with E-state index in [-0.39, 0.29) is 6.09 Å². The Morgan fingerprint density at radius 2 is 2.00 bits per heavy atom. The minimum Gasteiger partial charge on any atom is -0.444 e. The Morgan fingerprint density at radius 1 is 1.33 bits per heavy atom. The van der Waals surface area contributed by atoms with E-state index in [9.17, 15) is 4.79 Å². The molecule has 1 amide bonds. The van der Waals surface area contributed by atoms with Gasteiger partial charge >= 0.3 is 6.09 Å². The fourth-order valence-corrected chi connectivity index (χ4v) is 3.43. The molecule has 1 aliphatic heterocycles. The van der Waals surface area contributed by atoms with Crippen molar-refractivity contribution in [2.45, 2.75) is 53.2 Å². The molecule has 0 fully saturated rings. The van der Waals surface area contributed by atoms with Gasteiger partial charge in [0.25, 0.3) is 0 Å². The lowest BCUT2D eigenvalue weighted by molar-refractivity contribution is 0.0226. The number of hydrogen-bond acceptors (Lipinski definition) is 3. The summed E-state index contributed by atoms with van der Waals surface area (Å²) in [7, 11) is 0. The SMILES string of the molecule is Cc1sc2c(c1C)CCN(C(=O)OC(C)(C)C)C2. The lowest BCUT2D eigenvalue weighted by atomic mass is 10.0. The van der Waals surface area contributed by atoms with E-state index in [0.29, 0.717) is 6.54 Å². The van der Waals surface area contributed by atoms with Crippen LogP contribution in [0.15, 0.2) is 0 Å². The molecular formula is C14H21NO2S. The molecule has 0 saturated heterocycles. The highest BCUT2D eigenvalue weighted by Crippen LogP contribution is 2.32. The summed E-state index contributed by atoms with van der Waals surface area (Å²) in [5.41, 5.74) is 2.43. The number of carbonyl (C=O) groups is 1. The molecule has 2 rings (SSSR count). The van der Waals surface area contributed by atoms with Crippen molar-refractivity contribution in [3.05, 3.63) is 20.9 Å². The van der Waals surface area contributed by atoms with E-state index in [1.54, 1.807) is 11.3 Å². The normalized spacial score (nSPS) is 15.5. The molecule has 0 radical (unpaired) electrons. The van der Waals surface area contributed by atoms with Crippen LogP contribution in [0.1, 0.15) is 41.7 Å². The molecule has 2 heterocycles. The first kappa shape index (κ1) is 13.4. The summed E-state index contributed by atoms with van der Waals surface area (Å²) in [6.45, 7) is 11.5. The van der Waals surface area contributed by atoms with Gasteiger partial charge in [0, 0.05) is 16.3 Å². The maximum atomic E-state index is 12.0. The van der Waals surface area contributed by atoms with Gasteiger partial charge in [-0.2, -0.15) is 0 Å². The molecule has 0 spiro atoms. The molecule has 100 valence electrons. The number of thiophene rings is 1. The number of ether oxygens (including phenoxy) is 1. The van der Waals surface area contributed by atoms with Crippen molar-refractivity contribution in [2.75, 3.05) is 6.54 Å². The second-order valence-corrected chi connectivity index (χ2v) is 7.15. The molecule has 0 aromatic carbocycles. The summed E-state index contributed by atoms with van der Waals surface area (Å²) in [4.78, 5) is 16.5. The molecule has 0 aliphatic carbocycles. The monoisotopic (exact) mass is 267 g/mol. The summed E-state index contributed by atoms with van der Waals surface area (Å²) in [6, 6.07) is 0. The van der Waals surface area contributed by atoms with Crippen molar-refractivity contribution < 1.29 is 9.53 Å². The maximum Gasteiger partial charge on any atom is 0.410 e. The highest BCUT2D eigenvalue weighted by atomic mass is 32.1. The Bertz CT molecular complexity index is 471. The first-order chi connectivity index (χ1) is 8.28. The Labute approximate surface area is 113 Å². The Morgan fingerprint density at radius 3 is 2.61 bits per heavy atom. The molecule has 0 N–H and O–H groups in total. The zero-order valence-corrected chi connectivity index (χ0v) is 12.6. The van der Waals surface area contributed by atoms with E-state index in [2.05, 4.69) is 13.8 Å². The van der Waals surface area contributed by atoms with Crippen LogP contribution in [0.3, 0.4) is 0 Å². The van der Waals surface area contributed by atoms with E-state index in [4.69, 9.17) is 4.74 Å². The van der Waals surface area contributed by atoms with Crippen molar-refractivity contribution in [1.29, 1.82) is 0 Å². The van der Waals surface area contributed by atoms with Crippen LogP contribution < -0.4 is 0 Å². The van der Waals surface area contributed by atoms with Crippen LogP contribution in [0, 0.1) is 13.8 Å². The van der Waals surface area contributed by atoms with Gasteiger partial charge in [-0.15, -0.1) is 11.3 Å². The highest BCUT2D eigenvalue weighted by molar-refractivity contribution is 7.12. The van der Waals surface area contributed by atoms with Crippen molar-refractivity contribution in [2.24, 2.45) is 0 Å².